The van der Waals surface area contributed by atoms with Crippen LogP contribution in [0, 0.1) is 17.3 Å². The van der Waals surface area contributed by atoms with Gasteiger partial charge >= 0.3 is 5.97 Å². The SMILES string of the molecule is C/C(=C\c1csc(CN)n1)C1CC2O[C@]2(C)CCCC(C)[C@H](O)C(C)C(=O)C(C)(C)C(O)CC(=O)O1. The van der Waals surface area contributed by atoms with Gasteiger partial charge in [-0.3, -0.25) is 9.59 Å². The van der Waals surface area contributed by atoms with E-state index in [4.69, 9.17) is 15.2 Å². The summed E-state index contributed by atoms with van der Waals surface area (Å²) in [6.07, 6.45) is 1.80. The van der Waals surface area contributed by atoms with Crippen molar-refractivity contribution in [2.24, 2.45) is 23.0 Å². The van der Waals surface area contributed by atoms with Gasteiger partial charge in [0.15, 0.2) is 0 Å². The normalized spacial score (nSPS) is 36.8. The number of aromatic nitrogens is 1. The summed E-state index contributed by atoms with van der Waals surface area (Å²) in [5, 5.41) is 24.5. The average molecular weight is 523 g/mol. The van der Waals surface area contributed by atoms with Crippen LogP contribution in [-0.4, -0.2) is 57.0 Å². The second kappa shape index (κ2) is 11.4. The number of nitrogens with zero attached hydrogens (tertiary/aromatic N) is 1. The Hall–Kier alpha value is -1.65. The van der Waals surface area contributed by atoms with E-state index in [0.29, 0.717) is 13.0 Å². The summed E-state index contributed by atoms with van der Waals surface area (Å²) in [5.41, 5.74) is 5.74. The van der Waals surface area contributed by atoms with Gasteiger partial charge in [-0.05, 0) is 44.3 Å². The number of esters is 1. The fourth-order valence-electron chi connectivity index (χ4n) is 5.11. The van der Waals surface area contributed by atoms with E-state index >= 15 is 0 Å². The summed E-state index contributed by atoms with van der Waals surface area (Å²) < 4.78 is 11.9. The maximum Gasteiger partial charge on any atom is 0.309 e. The molecule has 7 atom stereocenters. The molecule has 0 spiro atoms. The molecule has 0 saturated carbocycles. The van der Waals surface area contributed by atoms with Crippen molar-refractivity contribution in [3.05, 3.63) is 21.7 Å². The Bertz CT molecular complexity index is 975. The maximum absolute atomic E-state index is 13.2. The van der Waals surface area contributed by atoms with Crippen molar-refractivity contribution in [1.82, 2.24) is 4.98 Å². The molecule has 1 aromatic rings. The highest BCUT2D eigenvalue weighted by Gasteiger charge is 2.53. The number of cyclic esters (lactones) is 1. The number of hydrogen-bond acceptors (Lipinski definition) is 9. The summed E-state index contributed by atoms with van der Waals surface area (Å²) >= 11 is 1.48. The number of aliphatic hydroxyl groups excluding tert-OH is 2. The number of fused-ring (bicyclic) bond motifs is 1. The number of thiazole rings is 1. The summed E-state index contributed by atoms with van der Waals surface area (Å²) in [6.45, 7) is 11.2. The third kappa shape index (κ3) is 6.61. The highest BCUT2D eigenvalue weighted by molar-refractivity contribution is 7.09. The first-order valence-electron chi connectivity index (χ1n) is 12.9. The van der Waals surface area contributed by atoms with Gasteiger partial charge in [-0.2, -0.15) is 0 Å². The van der Waals surface area contributed by atoms with Gasteiger partial charge in [0.1, 0.15) is 16.9 Å². The molecule has 5 unspecified atom stereocenters. The smallest absolute Gasteiger partial charge is 0.309 e. The number of ketones is 1. The number of carbonyl (C=O) groups is 2. The lowest BCUT2D eigenvalue weighted by molar-refractivity contribution is -0.154. The summed E-state index contributed by atoms with van der Waals surface area (Å²) in [7, 11) is 0. The van der Waals surface area contributed by atoms with Gasteiger partial charge in [0.2, 0.25) is 0 Å². The van der Waals surface area contributed by atoms with Crippen LogP contribution in [0.2, 0.25) is 0 Å². The largest absolute Gasteiger partial charge is 0.458 e. The van der Waals surface area contributed by atoms with E-state index in [1.54, 1.807) is 20.8 Å². The number of hydrogen-bond donors (Lipinski definition) is 3. The molecule has 9 heteroatoms. The molecule has 0 bridgehead atoms. The first kappa shape index (κ1) is 28.9. The van der Waals surface area contributed by atoms with Crippen LogP contribution >= 0.6 is 11.3 Å². The third-order valence-electron chi connectivity index (χ3n) is 8.03. The van der Waals surface area contributed by atoms with E-state index in [-0.39, 0.29) is 29.8 Å². The van der Waals surface area contributed by atoms with Gasteiger partial charge in [0, 0.05) is 24.3 Å². The molecular weight excluding hydrogens is 480 g/mol. The molecule has 2 aliphatic heterocycles. The van der Waals surface area contributed by atoms with Gasteiger partial charge in [-0.25, -0.2) is 4.98 Å². The zero-order valence-corrected chi connectivity index (χ0v) is 23.1. The van der Waals surface area contributed by atoms with E-state index in [1.165, 1.54) is 11.3 Å². The zero-order valence-electron chi connectivity index (χ0n) is 22.3. The molecule has 4 N–H and O–H groups in total. The van der Waals surface area contributed by atoms with Crippen LogP contribution in [0.15, 0.2) is 11.0 Å². The van der Waals surface area contributed by atoms with Crippen molar-refractivity contribution in [2.75, 3.05) is 0 Å². The number of ether oxygens (including phenoxy) is 2. The van der Waals surface area contributed by atoms with Crippen molar-refractivity contribution < 1.29 is 29.3 Å². The van der Waals surface area contributed by atoms with Crippen LogP contribution in [0.5, 0.6) is 0 Å². The summed E-state index contributed by atoms with van der Waals surface area (Å²) in [4.78, 5) is 30.7. The maximum atomic E-state index is 13.2. The van der Waals surface area contributed by atoms with E-state index in [0.717, 1.165) is 35.5 Å². The van der Waals surface area contributed by atoms with Crippen LogP contribution in [0.1, 0.15) is 84.3 Å². The molecule has 202 valence electrons. The van der Waals surface area contributed by atoms with E-state index in [2.05, 4.69) is 11.9 Å². The number of carbonyl (C=O) groups excluding carboxylic acids is 2. The third-order valence-corrected chi connectivity index (χ3v) is 8.92. The number of Topliss-reactive ketones (excluding diaryl/α,β-unsaturated/α-hetero) is 1. The van der Waals surface area contributed by atoms with Gasteiger partial charge in [0.25, 0.3) is 0 Å². The second-order valence-corrected chi connectivity index (χ2v) is 12.3. The Morgan fingerprint density at radius 3 is 2.61 bits per heavy atom. The van der Waals surface area contributed by atoms with Crippen LogP contribution in [0.3, 0.4) is 0 Å². The first-order chi connectivity index (χ1) is 16.8. The Balaban J connectivity index is 1.85. The molecule has 2 fully saturated rings. The van der Waals surface area contributed by atoms with Crippen LogP contribution in [0.4, 0.5) is 0 Å². The van der Waals surface area contributed by atoms with Crippen molar-refractivity contribution in [3.8, 4) is 0 Å². The van der Waals surface area contributed by atoms with Gasteiger partial charge in [-0.15, -0.1) is 11.3 Å². The summed E-state index contributed by atoms with van der Waals surface area (Å²) in [5.74, 6) is -1.59. The fourth-order valence-corrected chi connectivity index (χ4v) is 5.74. The van der Waals surface area contributed by atoms with Crippen molar-refractivity contribution in [2.45, 2.75) is 110 Å². The lowest BCUT2D eigenvalue weighted by Gasteiger charge is -2.34. The zero-order chi connectivity index (χ0) is 26.8. The minimum atomic E-state index is -1.24. The quantitative estimate of drug-likeness (QED) is 0.405. The van der Waals surface area contributed by atoms with Crippen molar-refractivity contribution in [3.63, 3.8) is 0 Å². The molecule has 0 aromatic carbocycles. The first-order valence-corrected chi connectivity index (χ1v) is 13.8. The van der Waals surface area contributed by atoms with Crippen LogP contribution < -0.4 is 5.73 Å². The van der Waals surface area contributed by atoms with Crippen molar-refractivity contribution in [1.29, 1.82) is 0 Å². The van der Waals surface area contributed by atoms with Crippen LogP contribution in [-0.2, 0) is 25.6 Å². The van der Waals surface area contributed by atoms with Crippen LogP contribution in [0.25, 0.3) is 6.08 Å². The lowest BCUT2D eigenvalue weighted by Crippen LogP contribution is -2.45. The molecule has 2 aliphatic rings. The molecule has 1 aromatic heterocycles. The van der Waals surface area contributed by atoms with E-state index < -0.39 is 35.6 Å². The molecule has 0 radical (unpaired) electrons. The van der Waals surface area contributed by atoms with E-state index in [9.17, 15) is 19.8 Å². The molecule has 0 amide bonds. The predicted octanol–water partition coefficient (Wildman–Crippen LogP) is 3.63. The molecule has 36 heavy (non-hydrogen) atoms. The number of rotatable bonds is 3. The van der Waals surface area contributed by atoms with Gasteiger partial charge in [0.05, 0.1) is 41.4 Å². The molecule has 0 aliphatic carbocycles. The van der Waals surface area contributed by atoms with Crippen molar-refractivity contribution >= 4 is 29.2 Å². The minimum absolute atomic E-state index is 0.0660. The highest BCUT2D eigenvalue weighted by atomic mass is 32.1. The van der Waals surface area contributed by atoms with E-state index in [1.807, 2.05) is 25.3 Å². The molecule has 2 saturated heterocycles. The second-order valence-electron chi connectivity index (χ2n) is 11.3. The fraction of sp³-hybridized carbons (Fsp3) is 0.741. The Morgan fingerprint density at radius 2 is 1.97 bits per heavy atom. The molecule has 8 nitrogen and oxygen atoms in total. The number of nitrogens with two attached hydrogens (primary N) is 1. The highest BCUT2D eigenvalue weighted by Crippen LogP contribution is 2.45. The van der Waals surface area contributed by atoms with Gasteiger partial charge in [-0.1, -0.05) is 34.1 Å². The monoisotopic (exact) mass is 522 g/mol. The number of aliphatic hydroxyl groups is 2. The Kier molecular flexibility index (Phi) is 9.15. The number of epoxide rings is 1. The van der Waals surface area contributed by atoms with Gasteiger partial charge < -0.3 is 25.4 Å². The Morgan fingerprint density at radius 1 is 1.28 bits per heavy atom. The average Bonchev–Trinajstić information content (AvgIpc) is 3.23. The minimum Gasteiger partial charge on any atom is -0.458 e. The topological polar surface area (TPSA) is 135 Å². The standard InChI is InChI=1S/C27H42N2O6S/c1-15-8-7-9-27(6)21(35-27)11-19(16(2)10-18-14-36-22(13-28)29-18)34-23(31)12-20(30)26(4,5)25(33)17(3)24(15)32/h10,14-15,17,19-21,24,30,32H,7-9,11-13,28H2,1-6H3/b16-10+/t15?,17?,19?,20?,21?,24-,27+/m0/s1. The molecule has 3 rings (SSSR count). The molecule has 3 heterocycles. The lowest BCUT2D eigenvalue weighted by atomic mass is 9.73. The Labute approximate surface area is 218 Å². The summed E-state index contributed by atoms with van der Waals surface area (Å²) in [6, 6.07) is 0. The predicted molar refractivity (Wildman–Crippen MR) is 139 cm³/mol. The molecular formula is C27H42N2O6S.